The molecule has 0 saturated carbocycles. The van der Waals surface area contributed by atoms with Gasteiger partial charge in [-0.3, -0.25) is 0 Å². The number of benzene rings is 1. The molecule has 2 aliphatic rings. The fraction of sp³-hybridized carbons (Fsp3) is 0.500. The smallest absolute Gasteiger partial charge is 0.231 e. The van der Waals surface area contributed by atoms with Crippen LogP contribution in [0, 0.1) is 0 Å². The average Bonchev–Trinajstić information content (AvgIpc) is 3.24. The summed E-state index contributed by atoms with van der Waals surface area (Å²) >= 11 is 0. The summed E-state index contributed by atoms with van der Waals surface area (Å²) < 4.78 is 10.7. The molecule has 110 valence electrons. The van der Waals surface area contributed by atoms with Crippen LogP contribution >= 0.6 is 0 Å². The Morgan fingerprint density at radius 1 is 1.29 bits per heavy atom. The largest absolute Gasteiger partial charge is 0.497 e. The van der Waals surface area contributed by atoms with Crippen LogP contribution in [0.15, 0.2) is 28.8 Å². The van der Waals surface area contributed by atoms with E-state index >= 15 is 0 Å². The Balaban J connectivity index is 1.46. The molecule has 2 aliphatic heterocycles. The van der Waals surface area contributed by atoms with Gasteiger partial charge in [-0.25, -0.2) is 0 Å². The van der Waals surface area contributed by atoms with Crippen molar-refractivity contribution in [1.29, 1.82) is 0 Å². The van der Waals surface area contributed by atoms with Gasteiger partial charge in [0.05, 0.1) is 13.0 Å². The molecule has 1 aromatic heterocycles. The quantitative estimate of drug-likeness (QED) is 0.934. The molecule has 1 aromatic carbocycles. The van der Waals surface area contributed by atoms with Crippen LogP contribution in [0.1, 0.15) is 42.5 Å². The van der Waals surface area contributed by atoms with E-state index in [-0.39, 0.29) is 0 Å². The molecular formula is C16H19N3O2. The second kappa shape index (κ2) is 5.15. The Bertz CT molecular complexity index is 623. The number of fused-ring (bicyclic) bond motifs is 2. The summed E-state index contributed by atoms with van der Waals surface area (Å²) in [6.45, 7) is 0. The summed E-state index contributed by atoms with van der Waals surface area (Å²) in [7, 11) is 1.67. The van der Waals surface area contributed by atoms with Crippen molar-refractivity contribution in [3.63, 3.8) is 0 Å². The minimum atomic E-state index is 0.404. The molecule has 3 heterocycles. The van der Waals surface area contributed by atoms with Gasteiger partial charge in [-0.1, -0.05) is 17.3 Å². The normalized spacial score (nSPS) is 27.2. The molecule has 0 radical (unpaired) electrons. The summed E-state index contributed by atoms with van der Waals surface area (Å²) in [5.41, 5.74) is 1.16. The predicted molar refractivity (Wildman–Crippen MR) is 77.4 cm³/mol. The van der Waals surface area contributed by atoms with Gasteiger partial charge in [0.25, 0.3) is 0 Å². The molecule has 5 nitrogen and oxygen atoms in total. The maximum atomic E-state index is 5.49. The Labute approximate surface area is 123 Å². The molecular weight excluding hydrogens is 266 g/mol. The first-order chi connectivity index (χ1) is 10.3. The Kier molecular flexibility index (Phi) is 3.15. The number of hydrogen-bond acceptors (Lipinski definition) is 5. The molecule has 0 spiro atoms. The van der Waals surface area contributed by atoms with Gasteiger partial charge in [-0.05, 0) is 37.0 Å². The molecule has 21 heavy (non-hydrogen) atoms. The number of aromatic nitrogens is 2. The van der Waals surface area contributed by atoms with E-state index in [4.69, 9.17) is 9.26 Å². The SMILES string of the molecule is COc1ccc(Cc2noc(C3CC4CCC3N4)n2)cc1. The van der Waals surface area contributed by atoms with E-state index in [1.807, 2.05) is 24.3 Å². The molecule has 2 bridgehead atoms. The molecule has 4 rings (SSSR count). The highest BCUT2D eigenvalue weighted by Crippen LogP contribution is 2.39. The van der Waals surface area contributed by atoms with E-state index in [1.165, 1.54) is 12.8 Å². The lowest BCUT2D eigenvalue weighted by Crippen LogP contribution is -2.21. The number of nitrogens with zero attached hydrogens (tertiary/aromatic N) is 2. The third-order valence-electron chi connectivity index (χ3n) is 4.62. The van der Waals surface area contributed by atoms with Gasteiger partial charge in [0.15, 0.2) is 5.82 Å². The topological polar surface area (TPSA) is 60.2 Å². The molecule has 1 N–H and O–H groups in total. The van der Waals surface area contributed by atoms with Gasteiger partial charge in [-0.15, -0.1) is 0 Å². The number of methoxy groups -OCH3 is 1. The second-order valence-electron chi connectivity index (χ2n) is 5.96. The highest BCUT2D eigenvalue weighted by Gasteiger charge is 2.42. The standard InChI is InChI=1S/C16H19N3O2/c1-20-12-5-2-10(3-6-12)8-15-18-16(21-19-15)13-9-11-4-7-14(13)17-11/h2-3,5-6,11,13-14,17H,4,7-9H2,1H3. The number of ether oxygens (including phenoxy) is 1. The van der Waals surface area contributed by atoms with Crippen LogP contribution in [0.5, 0.6) is 5.75 Å². The van der Waals surface area contributed by atoms with Crippen LogP contribution in [-0.4, -0.2) is 29.3 Å². The van der Waals surface area contributed by atoms with Crippen LogP contribution < -0.4 is 10.1 Å². The van der Waals surface area contributed by atoms with Gasteiger partial charge >= 0.3 is 0 Å². The van der Waals surface area contributed by atoms with Crippen molar-refractivity contribution in [2.75, 3.05) is 7.11 Å². The van der Waals surface area contributed by atoms with Gasteiger partial charge < -0.3 is 14.6 Å². The molecule has 3 unspecified atom stereocenters. The highest BCUT2D eigenvalue weighted by atomic mass is 16.5. The minimum absolute atomic E-state index is 0.404. The zero-order valence-corrected chi connectivity index (χ0v) is 12.1. The molecule has 0 amide bonds. The summed E-state index contributed by atoms with van der Waals surface area (Å²) in [5, 5.41) is 7.74. The zero-order valence-electron chi connectivity index (χ0n) is 12.1. The summed E-state index contributed by atoms with van der Waals surface area (Å²) in [6, 6.07) is 9.16. The lowest BCUT2D eigenvalue weighted by molar-refractivity contribution is 0.327. The van der Waals surface area contributed by atoms with E-state index < -0.39 is 0 Å². The first-order valence-corrected chi connectivity index (χ1v) is 7.53. The van der Waals surface area contributed by atoms with Gasteiger partial charge in [-0.2, -0.15) is 4.98 Å². The summed E-state index contributed by atoms with van der Waals surface area (Å²) in [6.07, 6.45) is 4.34. The number of rotatable bonds is 4. The second-order valence-corrected chi connectivity index (χ2v) is 5.96. The van der Waals surface area contributed by atoms with Crippen LogP contribution in [0.25, 0.3) is 0 Å². The van der Waals surface area contributed by atoms with Crippen molar-refractivity contribution in [3.8, 4) is 5.75 Å². The van der Waals surface area contributed by atoms with E-state index in [2.05, 4.69) is 15.5 Å². The van der Waals surface area contributed by atoms with Gasteiger partial charge in [0.1, 0.15) is 5.75 Å². The molecule has 2 saturated heterocycles. The monoisotopic (exact) mass is 285 g/mol. The maximum absolute atomic E-state index is 5.49. The van der Waals surface area contributed by atoms with Crippen molar-refractivity contribution >= 4 is 0 Å². The fourth-order valence-electron chi connectivity index (χ4n) is 3.51. The third-order valence-corrected chi connectivity index (χ3v) is 4.62. The fourth-order valence-corrected chi connectivity index (χ4v) is 3.51. The number of nitrogens with one attached hydrogen (secondary N) is 1. The Morgan fingerprint density at radius 3 is 2.81 bits per heavy atom. The minimum Gasteiger partial charge on any atom is -0.497 e. The molecule has 2 fully saturated rings. The van der Waals surface area contributed by atoms with Gasteiger partial charge in [0, 0.05) is 18.5 Å². The Hall–Kier alpha value is -1.88. The third kappa shape index (κ3) is 2.42. The molecule has 5 heteroatoms. The molecule has 3 atom stereocenters. The lowest BCUT2D eigenvalue weighted by atomic mass is 9.89. The highest BCUT2D eigenvalue weighted by molar-refractivity contribution is 5.28. The number of hydrogen-bond donors (Lipinski definition) is 1. The van der Waals surface area contributed by atoms with Crippen molar-refractivity contribution in [2.45, 2.75) is 43.7 Å². The first-order valence-electron chi connectivity index (χ1n) is 7.53. The molecule has 0 aliphatic carbocycles. The first kappa shape index (κ1) is 12.8. The van der Waals surface area contributed by atoms with Crippen molar-refractivity contribution in [1.82, 2.24) is 15.5 Å². The van der Waals surface area contributed by atoms with Crippen molar-refractivity contribution < 1.29 is 9.26 Å². The Morgan fingerprint density at radius 2 is 2.14 bits per heavy atom. The predicted octanol–water partition coefficient (Wildman–Crippen LogP) is 2.28. The summed E-state index contributed by atoms with van der Waals surface area (Å²) in [4.78, 5) is 4.60. The van der Waals surface area contributed by atoms with Crippen LogP contribution in [0.2, 0.25) is 0 Å². The van der Waals surface area contributed by atoms with Gasteiger partial charge in [0.2, 0.25) is 5.89 Å². The average molecular weight is 285 g/mol. The van der Waals surface area contributed by atoms with E-state index in [0.29, 0.717) is 24.4 Å². The van der Waals surface area contributed by atoms with Crippen LogP contribution in [0.3, 0.4) is 0 Å². The van der Waals surface area contributed by atoms with E-state index in [9.17, 15) is 0 Å². The summed E-state index contributed by atoms with van der Waals surface area (Å²) in [5.74, 6) is 2.83. The lowest BCUT2D eigenvalue weighted by Gasteiger charge is -2.15. The van der Waals surface area contributed by atoms with Crippen molar-refractivity contribution in [3.05, 3.63) is 41.5 Å². The van der Waals surface area contributed by atoms with E-state index in [0.717, 1.165) is 29.4 Å². The zero-order chi connectivity index (χ0) is 14.2. The van der Waals surface area contributed by atoms with E-state index in [1.54, 1.807) is 7.11 Å². The van der Waals surface area contributed by atoms with Crippen LogP contribution in [-0.2, 0) is 6.42 Å². The molecule has 2 aromatic rings. The maximum Gasteiger partial charge on any atom is 0.231 e. The van der Waals surface area contributed by atoms with Crippen LogP contribution in [0.4, 0.5) is 0 Å². The van der Waals surface area contributed by atoms with Crippen molar-refractivity contribution in [2.24, 2.45) is 0 Å².